The van der Waals surface area contributed by atoms with Crippen LogP contribution in [0.4, 0.5) is 5.69 Å². The van der Waals surface area contributed by atoms with Crippen molar-refractivity contribution in [3.05, 3.63) is 18.5 Å². The smallest absolute Gasteiger partial charge is 0.192 e. The summed E-state index contributed by atoms with van der Waals surface area (Å²) in [7, 11) is -1.68. The number of hydrogen-bond donors (Lipinski definition) is 1. The fourth-order valence-electron chi connectivity index (χ4n) is 1.19. The number of hydrogen-bond acceptors (Lipinski definition) is 4. The zero-order valence-corrected chi connectivity index (χ0v) is 13.0. The zero-order chi connectivity index (χ0) is 13.8. The normalized spacial score (nSPS) is 12.5. The Hall–Kier alpha value is -1.07. The van der Waals surface area contributed by atoms with E-state index in [9.17, 15) is 0 Å². The van der Waals surface area contributed by atoms with Crippen LogP contribution in [0.3, 0.4) is 0 Å². The third kappa shape index (κ3) is 3.99. The van der Waals surface area contributed by atoms with Gasteiger partial charge in [0, 0.05) is 12.3 Å². The molecule has 1 heterocycles. The molecule has 1 aromatic rings. The lowest BCUT2D eigenvalue weighted by molar-refractivity contribution is 0.204. The molecule has 0 bridgehead atoms. The Labute approximate surface area is 111 Å². The van der Waals surface area contributed by atoms with E-state index < -0.39 is 8.32 Å². The summed E-state index contributed by atoms with van der Waals surface area (Å²) in [5.74, 6) is 0.670. The van der Waals surface area contributed by atoms with E-state index in [2.05, 4.69) is 38.8 Å². The SMILES string of the molecule is CC(C)(C)[Si](C)(C)OCCOc1ccncc1N. The topological polar surface area (TPSA) is 57.4 Å². The lowest BCUT2D eigenvalue weighted by Gasteiger charge is -2.36. The maximum absolute atomic E-state index is 6.01. The third-order valence-electron chi connectivity index (χ3n) is 3.42. The van der Waals surface area contributed by atoms with Crippen LogP contribution >= 0.6 is 0 Å². The van der Waals surface area contributed by atoms with Gasteiger partial charge in [-0.25, -0.2) is 0 Å². The summed E-state index contributed by atoms with van der Waals surface area (Å²) in [6, 6.07) is 1.77. The minimum atomic E-state index is -1.68. The second-order valence-corrected chi connectivity index (χ2v) is 10.7. The number of nitrogens with zero attached hydrogens (tertiary/aromatic N) is 1. The number of pyridine rings is 1. The molecule has 5 heteroatoms. The van der Waals surface area contributed by atoms with Crippen molar-refractivity contribution in [1.82, 2.24) is 4.98 Å². The minimum absolute atomic E-state index is 0.225. The first-order chi connectivity index (χ1) is 8.24. The Bertz CT molecular complexity index is 389. The average molecular weight is 268 g/mol. The second-order valence-electron chi connectivity index (χ2n) is 5.87. The lowest BCUT2D eigenvalue weighted by atomic mass is 10.2. The number of nitrogens with two attached hydrogens (primary N) is 1. The summed E-state index contributed by atoms with van der Waals surface area (Å²) < 4.78 is 11.6. The van der Waals surface area contributed by atoms with E-state index in [1.807, 2.05) is 0 Å². The van der Waals surface area contributed by atoms with E-state index in [1.54, 1.807) is 18.5 Å². The highest BCUT2D eigenvalue weighted by atomic mass is 28.4. The molecular weight excluding hydrogens is 244 g/mol. The van der Waals surface area contributed by atoms with E-state index >= 15 is 0 Å². The Morgan fingerprint density at radius 1 is 1.28 bits per heavy atom. The van der Waals surface area contributed by atoms with Gasteiger partial charge in [-0.3, -0.25) is 4.98 Å². The molecule has 0 fully saturated rings. The molecule has 2 N–H and O–H groups in total. The molecule has 18 heavy (non-hydrogen) atoms. The molecule has 0 aromatic carbocycles. The Balaban J connectivity index is 2.38. The zero-order valence-electron chi connectivity index (χ0n) is 12.0. The van der Waals surface area contributed by atoms with Gasteiger partial charge in [0.1, 0.15) is 12.4 Å². The maximum atomic E-state index is 6.01. The average Bonchev–Trinajstić information content (AvgIpc) is 2.25. The van der Waals surface area contributed by atoms with Crippen LogP contribution in [0.25, 0.3) is 0 Å². The molecule has 1 rings (SSSR count). The van der Waals surface area contributed by atoms with Gasteiger partial charge in [-0.05, 0) is 18.1 Å². The van der Waals surface area contributed by atoms with Crippen molar-refractivity contribution < 1.29 is 9.16 Å². The van der Waals surface area contributed by atoms with Crippen LogP contribution in [0.2, 0.25) is 18.1 Å². The molecule has 0 aliphatic heterocycles. The fraction of sp³-hybridized carbons (Fsp3) is 0.615. The predicted octanol–water partition coefficient (Wildman–Crippen LogP) is 3.06. The molecule has 0 unspecified atom stereocenters. The van der Waals surface area contributed by atoms with Crippen molar-refractivity contribution in [3.63, 3.8) is 0 Å². The summed E-state index contributed by atoms with van der Waals surface area (Å²) in [6.45, 7) is 12.2. The molecule has 0 aliphatic rings. The van der Waals surface area contributed by atoms with Crippen molar-refractivity contribution in [2.24, 2.45) is 0 Å². The van der Waals surface area contributed by atoms with Gasteiger partial charge in [0.25, 0.3) is 0 Å². The van der Waals surface area contributed by atoms with Gasteiger partial charge in [0.15, 0.2) is 8.32 Å². The standard InChI is InChI=1S/C13H24N2O2Si/c1-13(2,3)18(4,5)17-9-8-16-12-6-7-15-10-11(12)14/h6-7,10H,8-9,14H2,1-5H3. The van der Waals surface area contributed by atoms with Crippen molar-refractivity contribution in [2.45, 2.75) is 38.9 Å². The molecule has 4 nitrogen and oxygen atoms in total. The van der Waals surface area contributed by atoms with E-state index in [4.69, 9.17) is 14.9 Å². The summed E-state index contributed by atoms with van der Waals surface area (Å²) >= 11 is 0. The molecule has 0 saturated carbocycles. The van der Waals surface area contributed by atoms with Crippen LogP contribution in [0.1, 0.15) is 20.8 Å². The molecule has 0 atom stereocenters. The van der Waals surface area contributed by atoms with Gasteiger partial charge in [-0.2, -0.15) is 0 Å². The van der Waals surface area contributed by atoms with Crippen LogP contribution < -0.4 is 10.5 Å². The number of anilines is 1. The van der Waals surface area contributed by atoms with Gasteiger partial charge >= 0.3 is 0 Å². The Kier molecular flexibility index (Phi) is 4.75. The van der Waals surface area contributed by atoms with Crippen molar-refractivity contribution in [2.75, 3.05) is 18.9 Å². The van der Waals surface area contributed by atoms with Crippen LogP contribution in [0.15, 0.2) is 18.5 Å². The summed E-state index contributed by atoms with van der Waals surface area (Å²) in [5.41, 5.74) is 6.30. The molecule has 0 amide bonds. The molecule has 1 aromatic heterocycles. The molecule has 0 aliphatic carbocycles. The van der Waals surface area contributed by atoms with Crippen LogP contribution in [0, 0.1) is 0 Å². The van der Waals surface area contributed by atoms with Crippen LogP contribution in [-0.4, -0.2) is 26.5 Å². The van der Waals surface area contributed by atoms with Gasteiger partial charge in [0.2, 0.25) is 0 Å². The highest BCUT2D eigenvalue weighted by molar-refractivity contribution is 6.74. The van der Waals surface area contributed by atoms with Crippen LogP contribution in [0.5, 0.6) is 5.75 Å². The highest BCUT2D eigenvalue weighted by Crippen LogP contribution is 2.36. The van der Waals surface area contributed by atoms with E-state index in [0.717, 1.165) is 0 Å². The quantitative estimate of drug-likeness (QED) is 0.658. The van der Waals surface area contributed by atoms with Gasteiger partial charge < -0.3 is 14.9 Å². The van der Waals surface area contributed by atoms with Gasteiger partial charge in [-0.1, -0.05) is 20.8 Å². The Morgan fingerprint density at radius 3 is 2.50 bits per heavy atom. The van der Waals surface area contributed by atoms with E-state index in [1.165, 1.54) is 0 Å². The summed E-state index contributed by atoms with van der Waals surface area (Å²) in [6.07, 6.45) is 3.25. The van der Waals surface area contributed by atoms with Crippen LogP contribution in [-0.2, 0) is 4.43 Å². The maximum Gasteiger partial charge on any atom is 0.192 e. The largest absolute Gasteiger partial charge is 0.489 e. The predicted molar refractivity (Wildman–Crippen MR) is 77.3 cm³/mol. The van der Waals surface area contributed by atoms with Crippen molar-refractivity contribution >= 4 is 14.0 Å². The van der Waals surface area contributed by atoms with E-state index in [0.29, 0.717) is 24.7 Å². The molecule has 0 spiro atoms. The summed E-state index contributed by atoms with van der Waals surface area (Å²) in [5, 5.41) is 0.225. The highest BCUT2D eigenvalue weighted by Gasteiger charge is 2.36. The first-order valence-electron chi connectivity index (χ1n) is 6.20. The lowest BCUT2D eigenvalue weighted by Crippen LogP contribution is -2.41. The fourth-order valence-corrected chi connectivity index (χ4v) is 2.22. The molecular formula is C13H24N2O2Si. The van der Waals surface area contributed by atoms with Crippen molar-refractivity contribution in [3.8, 4) is 5.75 Å². The number of aromatic nitrogens is 1. The number of ether oxygens (including phenoxy) is 1. The first kappa shape index (κ1) is 15.0. The van der Waals surface area contributed by atoms with Gasteiger partial charge in [-0.15, -0.1) is 0 Å². The van der Waals surface area contributed by atoms with Gasteiger partial charge in [0.05, 0.1) is 18.5 Å². The molecule has 0 saturated heterocycles. The Morgan fingerprint density at radius 2 is 1.94 bits per heavy atom. The van der Waals surface area contributed by atoms with Crippen molar-refractivity contribution in [1.29, 1.82) is 0 Å². The second kappa shape index (κ2) is 5.71. The minimum Gasteiger partial charge on any atom is -0.489 e. The van der Waals surface area contributed by atoms with E-state index in [-0.39, 0.29) is 5.04 Å². The number of rotatable bonds is 5. The molecule has 0 radical (unpaired) electrons. The monoisotopic (exact) mass is 268 g/mol. The summed E-state index contributed by atoms with van der Waals surface area (Å²) in [4.78, 5) is 3.92. The number of nitrogen functional groups attached to an aromatic ring is 1. The third-order valence-corrected chi connectivity index (χ3v) is 7.96. The molecule has 102 valence electrons. The first-order valence-corrected chi connectivity index (χ1v) is 9.11.